The van der Waals surface area contributed by atoms with Gasteiger partial charge in [0.2, 0.25) is 0 Å². The Kier molecular flexibility index (Phi) is 4.38. The predicted octanol–water partition coefficient (Wildman–Crippen LogP) is 7.03. The molecule has 0 aliphatic carbocycles. The summed E-state index contributed by atoms with van der Waals surface area (Å²) in [7, 11) is 0. The Bertz CT molecular complexity index is 1150. The number of nitrogens with one attached hydrogen (secondary N) is 1. The van der Waals surface area contributed by atoms with Crippen molar-refractivity contribution in [3.8, 4) is 0 Å². The van der Waals surface area contributed by atoms with E-state index in [1.165, 1.54) is 11.3 Å². The van der Waals surface area contributed by atoms with E-state index in [9.17, 15) is 4.79 Å². The third-order valence-electron chi connectivity index (χ3n) is 3.61. The van der Waals surface area contributed by atoms with Crippen LogP contribution in [0.15, 0.2) is 30.3 Å². The van der Waals surface area contributed by atoms with Gasteiger partial charge in [0, 0.05) is 20.8 Å². The molecule has 2 heterocycles. The standard InChI is InChI=1S/C17H9Cl3N2OS2/c1-7-21-11-3-2-9(6-12(11)24-7)22-17(23)16-15(20)14-10(19)4-8(18)5-13(14)25-16/h2-6H,1H3,(H,22,23). The summed E-state index contributed by atoms with van der Waals surface area (Å²) in [6, 6.07) is 8.99. The number of halogens is 3. The fourth-order valence-electron chi connectivity index (χ4n) is 2.56. The monoisotopic (exact) mass is 426 g/mol. The van der Waals surface area contributed by atoms with Gasteiger partial charge in [0.1, 0.15) is 4.88 Å². The maximum atomic E-state index is 12.7. The lowest BCUT2D eigenvalue weighted by Gasteiger charge is -2.04. The number of amides is 1. The summed E-state index contributed by atoms with van der Waals surface area (Å²) in [6.07, 6.45) is 0. The Labute approximate surface area is 166 Å². The Morgan fingerprint density at radius 3 is 2.68 bits per heavy atom. The Morgan fingerprint density at radius 2 is 1.88 bits per heavy atom. The number of aromatic nitrogens is 1. The van der Waals surface area contributed by atoms with Gasteiger partial charge in [-0.3, -0.25) is 4.79 Å². The third kappa shape index (κ3) is 3.11. The number of benzene rings is 2. The highest BCUT2D eigenvalue weighted by atomic mass is 35.5. The first kappa shape index (κ1) is 17.1. The number of nitrogens with zero attached hydrogens (tertiary/aromatic N) is 1. The summed E-state index contributed by atoms with van der Waals surface area (Å²) in [5.74, 6) is -0.279. The predicted molar refractivity (Wildman–Crippen MR) is 109 cm³/mol. The topological polar surface area (TPSA) is 42.0 Å². The SMILES string of the molecule is Cc1nc2ccc(NC(=O)c3sc4cc(Cl)cc(Cl)c4c3Cl)cc2s1. The number of rotatable bonds is 2. The van der Waals surface area contributed by atoms with Gasteiger partial charge in [-0.05, 0) is 37.3 Å². The zero-order valence-electron chi connectivity index (χ0n) is 12.7. The fourth-order valence-corrected chi connectivity index (χ4v) is 5.70. The molecule has 2 aromatic heterocycles. The van der Waals surface area contributed by atoms with Crippen LogP contribution in [-0.2, 0) is 0 Å². The molecule has 0 atom stereocenters. The smallest absolute Gasteiger partial charge is 0.267 e. The molecule has 0 saturated carbocycles. The van der Waals surface area contributed by atoms with Crippen molar-refractivity contribution < 1.29 is 4.79 Å². The zero-order valence-corrected chi connectivity index (χ0v) is 16.6. The van der Waals surface area contributed by atoms with Gasteiger partial charge in [-0.1, -0.05) is 34.8 Å². The molecule has 8 heteroatoms. The Morgan fingerprint density at radius 1 is 1.08 bits per heavy atom. The normalized spacial score (nSPS) is 11.4. The molecule has 0 fully saturated rings. The molecule has 1 N–H and O–H groups in total. The number of hydrogen-bond donors (Lipinski definition) is 1. The molecule has 0 aliphatic heterocycles. The van der Waals surface area contributed by atoms with Gasteiger partial charge in [-0.2, -0.15) is 0 Å². The average Bonchev–Trinajstić information content (AvgIpc) is 3.06. The molecule has 0 aliphatic rings. The van der Waals surface area contributed by atoms with E-state index < -0.39 is 0 Å². The van der Waals surface area contributed by atoms with Crippen molar-refractivity contribution in [2.45, 2.75) is 6.92 Å². The molecule has 4 rings (SSSR count). The van der Waals surface area contributed by atoms with E-state index in [0.717, 1.165) is 19.9 Å². The number of carbonyl (C=O) groups is 1. The van der Waals surface area contributed by atoms with E-state index in [1.807, 2.05) is 25.1 Å². The first-order chi connectivity index (χ1) is 11.9. The van der Waals surface area contributed by atoms with Gasteiger partial charge in [0.25, 0.3) is 5.91 Å². The van der Waals surface area contributed by atoms with Gasteiger partial charge < -0.3 is 5.32 Å². The fraction of sp³-hybridized carbons (Fsp3) is 0.0588. The molecule has 3 nitrogen and oxygen atoms in total. The summed E-state index contributed by atoms with van der Waals surface area (Å²) >= 11 is 21.5. The molecular weight excluding hydrogens is 419 g/mol. The second-order valence-corrected chi connectivity index (χ2v) is 8.88. The number of fused-ring (bicyclic) bond motifs is 2. The number of hydrogen-bond acceptors (Lipinski definition) is 4. The van der Waals surface area contributed by atoms with E-state index in [2.05, 4.69) is 10.3 Å². The van der Waals surface area contributed by atoms with Crippen LogP contribution in [0.25, 0.3) is 20.3 Å². The minimum Gasteiger partial charge on any atom is -0.321 e. The van der Waals surface area contributed by atoms with Gasteiger partial charge in [-0.15, -0.1) is 22.7 Å². The van der Waals surface area contributed by atoms with Gasteiger partial charge in [-0.25, -0.2) is 4.98 Å². The van der Waals surface area contributed by atoms with Crippen molar-refractivity contribution in [3.05, 3.63) is 55.3 Å². The molecule has 0 saturated heterocycles. The van der Waals surface area contributed by atoms with Crippen LogP contribution in [0, 0.1) is 6.92 Å². The van der Waals surface area contributed by atoms with Crippen molar-refractivity contribution in [3.63, 3.8) is 0 Å². The number of anilines is 1. The molecule has 126 valence electrons. The van der Waals surface area contributed by atoms with Crippen LogP contribution >= 0.6 is 57.5 Å². The van der Waals surface area contributed by atoms with Gasteiger partial charge >= 0.3 is 0 Å². The number of thiazole rings is 1. The van der Waals surface area contributed by atoms with Crippen LogP contribution < -0.4 is 5.32 Å². The van der Waals surface area contributed by atoms with Crippen LogP contribution in [0.4, 0.5) is 5.69 Å². The van der Waals surface area contributed by atoms with E-state index in [-0.39, 0.29) is 5.91 Å². The van der Waals surface area contributed by atoms with Gasteiger partial charge in [0.15, 0.2) is 0 Å². The minimum absolute atomic E-state index is 0.279. The highest BCUT2D eigenvalue weighted by Crippen LogP contribution is 2.41. The van der Waals surface area contributed by atoms with Crippen molar-refractivity contribution in [2.24, 2.45) is 0 Å². The maximum Gasteiger partial charge on any atom is 0.267 e. The molecule has 0 bridgehead atoms. The lowest BCUT2D eigenvalue weighted by molar-refractivity contribution is 0.103. The quantitative estimate of drug-likeness (QED) is 0.373. The second kappa shape index (κ2) is 6.41. The average molecular weight is 428 g/mol. The van der Waals surface area contributed by atoms with Crippen LogP contribution in [0.3, 0.4) is 0 Å². The Balaban J connectivity index is 1.71. The van der Waals surface area contributed by atoms with E-state index >= 15 is 0 Å². The zero-order chi connectivity index (χ0) is 17.7. The van der Waals surface area contributed by atoms with Crippen molar-refractivity contribution in [2.75, 3.05) is 5.32 Å². The van der Waals surface area contributed by atoms with Gasteiger partial charge in [0.05, 0.1) is 25.3 Å². The summed E-state index contributed by atoms with van der Waals surface area (Å²) in [4.78, 5) is 17.5. The van der Waals surface area contributed by atoms with E-state index in [1.54, 1.807) is 23.5 Å². The minimum atomic E-state index is -0.279. The van der Waals surface area contributed by atoms with Crippen molar-refractivity contribution >= 4 is 89.4 Å². The largest absolute Gasteiger partial charge is 0.321 e. The molecule has 0 unspecified atom stereocenters. The molecular formula is C17H9Cl3N2OS2. The summed E-state index contributed by atoms with van der Waals surface area (Å²) in [5.41, 5.74) is 1.61. The van der Waals surface area contributed by atoms with Crippen molar-refractivity contribution in [1.82, 2.24) is 4.98 Å². The summed E-state index contributed by atoms with van der Waals surface area (Å²) < 4.78 is 1.80. The third-order valence-corrected chi connectivity index (χ3v) is 6.68. The number of aryl methyl sites for hydroxylation is 1. The van der Waals surface area contributed by atoms with Crippen LogP contribution in [0.2, 0.25) is 15.1 Å². The second-order valence-electron chi connectivity index (χ2n) is 5.38. The van der Waals surface area contributed by atoms with E-state index in [0.29, 0.717) is 31.0 Å². The van der Waals surface area contributed by atoms with Crippen LogP contribution in [0.1, 0.15) is 14.7 Å². The highest BCUT2D eigenvalue weighted by Gasteiger charge is 2.20. The highest BCUT2D eigenvalue weighted by molar-refractivity contribution is 7.22. The van der Waals surface area contributed by atoms with Crippen molar-refractivity contribution in [1.29, 1.82) is 0 Å². The summed E-state index contributed by atoms with van der Waals surface area (Å²) in [5, 5.41) is 5.80. The first-order valence-electron chi connectivity index (χ1n) is 7.18. The molecule has 4 aromatic rings. The molecule has 1 amide bonds. The lowest BCUT2D eigenvalue weighted by Crippen LogP contribution is -2.10. The molecule has 25 heavy (non-hydrogen) atoms. The first-order valence-corrected chi connectivity index (χ1v) is 9.94. The van der Waals surface area contributed by atoms with Crippen LogP contribution in [0.5, 0.6) is 0 Å². The van der Waals surface area contributed by atoms with Crippen LogP contribution in [-0.4, -0.2) is 10.9 Å². The molecule has 0 radical (unpaired) electrons. The van der Waals surface area contributed by atoms with E-state index in [4.69, 9.17) is 34.8 Å². The Hall–Kier alpha value is -1.37. The number of carbonyl (C=O) groups excluding carboxylic acids is 1. The lowest BCUT2D eigenvalue weighted by atomic mass is 10.2. The number of thiophene rings is 1. The summed E-state index contributed by atoms with van der Waals surface area (Å²) in [6.45, 7) is 1.95. The maximum absolute atomic E-state index is 12.7. The molecule has 2 aromatic carbocycles. The molecule has 0 spiro atoms.